The number of allylic oxidation sites excluding steroid dienone is 1. The number of fused-ring (bicyclic) bond motifs is 5. The second-order valence-corrected chi connectivity index (χ2v) is 12.9. The van der Waals surface area contributed by atoms with Crippen LogP contribution in [0.5, 0.6) is 0 Å². The van der Waals surface area contributed by atoms with Crippen molar-refractivity contribution >= 4 is 5.78 Å². The van der Waals surface area contributed by atoms with E-state index in [1.165, 1.54) is 38.5 Å². The van der Waals surface area contributed by atoms with Gasteiger partial charge in [-0.05, 0) is 105 Å². The molecular weight excluding hydrogens is 380 g/mol. The van der Waals surface area contributed by atoms with E-state index in [9.17, 15) is 9.90 Å². The number of carbonyl (C=O) groups excluding carboxylic acids is 1. The van der Waals surface area contributed by atoms with E-state index in [1.807, 2.05) is 13.8 Å². The number of carbonyl (C=O) groups is 1. The molecule has 4 rings (SSSR count). The van der Waals surface area contributed by atoms with Crippen molar-refractivity contribution in [3.63, 3.8) is 0 Å². The van der Waals surface area contributed by atoms with Crippen LogP contribution in [0.4, 0.5) is 0 Å². The largest absolute Gasteiger partial charge is 0.390 e. The first-order valence-corrected chi connectivity index (χ1v) is 13.5. The fraction of sp³-hybridized carbons (Fsp3) is 0.897. The molecule has 2 nitrogen and oxygen atoms in total. The number of rotatable bonds is 6. The van der Waals surface area contributed by atoms with Crippen molar-refractivity contribution in [2.24, 2.45) is 46.3 Å². The summed E-state index contributed by atoms with van der Waals surface area (Å²) in [4.78, 5) is 12.2. The third-order valence-corrected chi connectivity index (χ3v) is 11.2. The number of Topliss-reactive ketones (excluding diaryl/α,β-unsaturated/α-hetero) is 1. The van der Waals surface area contributed by atoms with E-state index < -0.39 is 5.60 Å². The molecule has 2 heteroatoms. The van der Waals surface area contributed by atoms with Crippen LogP contribution in [0.3, 0.4) is 0 Å². The van der Waals surface area contributed by atoms with Crippen LogP contribution >= 0.6 is 0 Å². The lowest BCUT2D eigenvalue weighted by Gasteiger charge is -2.59. The van der Waals surface area contributed by atoms with E-state index in [-0.39, 0.29) is 5.92 Å². The summed E-state index contributed by atoms with van der Waals surface area (Å²) in [5.74, 6) is 4.55. The number of ketones is 1. The first-order chi connectivity index (χ1) is 14.5. The van der Waals surface area contributed by atoms with Gasteiger partial charge in [-0.1, -0.05) is 53.2 Å². The Balaban J connectivity index is 1.50. The summed E-state index contributed by atoms with van der Waals surface area (Å²) in [7, 11) is 0. The molecule has 0 saturated heterocycles. The van der Waals surface area contributed by atoms with Crippen LogP contribution in [0.25, 0.3) is 0 Å². The van der Waals surface area contributed by atoms with Gasteiger partial charge in [0, 0.05) is 12.3 Å². The van der Waals surface area contributed by atoms with Crippen molar-refractivity contribution in [2.75, 3.05) is 0 Å². The van der Waals surface area contributed by atoms with Crippen molar-refractivity contribution in [3.05, 3.63) is 11.6 Å². The summed E-state index contributed by atoms with van der Waals surface area (Å²) in [6, 6.07) is 0. The van der Waals surface area contributed by atoms with Gasteiger partial charge in [0.2, 0.25) is 0 Å². The summed E-state index contributed by atoms with van der Waals surface area (Å²) in [5, 5.41) is 11.0. The highest BCUT2D eigenvalue weighted by atomic mass is 16.3. The predicted molar refractivity (Wildman–Crippen MR) is 129 cm³/mol. The van der Waals surface area contributed by atoms with Crippen LogP contribution in [0.2, 0.25) is 0 Å². The zero-order valence-corrected chi connectivity index (χ0v) is 21.2. The van der Waals surface area contributed by atoms with Crippen LogP contribution in [0.1, 0.15) is 112 Å². The van der Waals surface area contributed by atoms with Crippen LogP contribution in [0.15, 0.2) is 11.6 Å². The summed E-state index contributed by atoms with van der Waals surface area (Å²) in [6.07, 6.45) is 15.1. The Kier molecular flexibility index (Phi) is 6.30. The minimum Gasteiger partial charge on any atom is -0.390 e. The minimum atomic E-state index is -0.456. The van der Waals surface area contributed by atoms with Gasteiger partial charge < -0.3 is 5.11 Å². The molecule has 0 radical (unpaired) electrons. The molecule has 0 amide bonds. The highest BCUT2D eigenvalue weighted by Crippen LogP contribution is 2.67. The Hall–Kier alpha value is -0.630. The molecule has 0 aromatic rings. The molecule has 1 N–H and O–H groups in total. The Morgan fingerprint density at radius 2 is 1.84 bits per heavy atom. The van der Waals surface area contributed by atoms with E-state index in [4.69, 9.17) is 0 Å². The Labute approximate surface area is 191 Å². The SMILES string of the molecule is CC[C@]1(O)CCC2(C)C(=CC[C@@H]3[C@@H]2CCC2(C)[C@@H]([C@H](C)CCC(=O)C(C)C)CC[C@@H]32)C1. The molecular formula is C29H48O2. The predicted octanol–water partition coefficient (Wildman–Crippen LogP) is 7.35. The van der Waals surface area contributed by atoms with Crippen LogP contribution < -0.4 is 0 Å². The maximum absolute atomic E-state index is 12.2. The molecule has 4 aliphatic rings. The lowest BCUT2D eigenvalue weighted by Crippen LogP contribution is -2.52. The van der Waals surface area contributed by atoms with Crippen molar-refractivity contribution in [1.82, 2.24) is 0 Å². The van der Waals surface area contributed by atoms with Crippen molar-refractivity contribution in [1.29, 1.82) is 0 Å². The minimum absolute atomic E-state index is 0.180. The van der Waals surface area contributed by atoms with Gasteiger partial charge >= 0.3 is 0 Å². The van der Waals surface area contributed by atoms with Crippen molar-refractivity contribution < 1.29 is 9.90 Å². The van der Waals surface area contributed by atoms with Crippen molar-refractivity contribution in [3.8, 4) is 0 Å². The smallest absolute Gasteiger partial charge is 0.135 e. The molecule has 0 bridgehead atoms. The fourth-order valence-corrected chi connectivity index (χ4v) is 8.85. The third kappa shape index (κ3) is 3.87. The average molecular weight is 429 g/mol. The molecule has 0 spiro atoms. The highest BCUT2D eigenvalue weighted by molar-refractivity contribution is 5.80. The highest BCUT2D eigenvalue weighted by Gasteiger charge is 2.59. The summed E-state index contributed by atoms with van der Waals surface area (Å²) >= 11 is 0. The fourth-order valence-electron chi connectivity index (χ4n) is 8.85. The lowest BCUT2D eigenvalue weighted by atomic mass is 9.46. The van der Waals surface area contributed by atoms with E-state index in [1.54, 1.807) is 5.57 Å². The van der Waals surface area contributed by atoms with Gasteiger partial charge in [0.1, 0.15) is 5.78 Å². The molecule has 176 valence electrons. The lowest BCUT2D eigenvalue weighted by molar-refractivity contribution is -0.122. The second-order valence-electron chi connectivity index (χ2n) is 12.9. The molecule has 3 fully saturated rings. The van der Waals surface area contributed by atoms with Gasteiger partial charge in [-0.3, -0.25) is 4.79 Å². The Morgan fingerprint density at radius 1 is 1.10 bits per heavy atom. The molecule has 0 aromatic heterocycles. The summed E-state index contributed by atoms with van der Waals surface area (Å²) in [6.45, 7) is 13.8. The number of hydrogen-bond donors (Lipinski definition) is 1. The van der Waals surface area contributed by atoms with Crippen LogP contribution in [0, 0.1) is 46.3 Å². The van der Waals surface area contributed by atoms with E-state index >= 15 is 0 Å². The zero-order valence-electron chi connectivity index (χ0n) is 21.2. The molecule has 31 heavy (non-hydrogen) atoms. The molecule has 0 aromatic carbocycles. The van der Waals surface area contributed by atoms with Gasteiger partial charge in [0.25, 0.3) is 0 Å². The molecule has 0 heterocycles. The molecule has 3 saturated carbocycles. The van der Waals surface area contributed by atoms with E-state index in [2.05, 4.69) is 33.8 Å². The standard InChI is InChI=1S/C29H48O2/c1-7-29(31)17-16-27(5)21(18-29)9-10-22-24-12-11-23(28(24,6)15-14-25(22)27)20(4)8-13-26(30)19(2)3/h9,19-20,22-25,31H,7-8,10-18H2,1-6H3/t20-,22+,23-,24+,25+,27?,28?,29+/m1/s1. The van der Waals surface area contributed by atoms with Gasteiger partial charge in [-0.25, -0.2) is 0 Å². The average Bonchev–Trinajstić information content (AvgIpc) is 3.09. The van der Waals surface area contributed by atoms with E-state index in [0.29, 0.717) is 22.5 Å². The summed E-state index contributed by atoms with van der Waals surface area (Å²) < 4.78 is 0. The van der Waals surface area contributed by atoms with Gasteiger partial charge in [0.15, 0.2) is 0 Å². The molecule has 4 aliphatic carbocycles. The molecule has 2 unspecified atom stereocenters. The maximum Gasteiger partial charge on any atom is 0.135 e. The first kappa shape index (κ1) is 23.5. The van der Waals surface area contributed by atoms with Crippen molar-refractivity contribution in [2.45, 2.75) is 118 Å². The molecule has 8 atom stereocenters. The Morgan fingerprint density at radius 3 is 2.52 bits per heavy atom. The monoisotopic (exact) mass is 428 g/mol. The normalized spacial score (nSPS) is 45.5. The topological polar surface area (TPSA) is 37.3 Å². The third-order valence-electron chi connectivity index (χ3n) is 11.2. The maximum atomic E-state index is 12.2. The first-order valence-electron chi connectivity index (χ1n) is 13.5. The Bertz CT molecular complexity index is 722. The zero-order chi connectivity index (χ0) is 22.6. The number of aliphatic hydroxyl groups is 1. The van der Waals surface area contributed by atoms with Gasteiger partial charge in [-0.15, -0.1) is 0 Å². The van der Waals surface area contributed by atoms with E-state index in [0.717, 1.165) is 55.8 Å². The van der Waals surface area contributed by atoms with Crippen LogP contribution in [-0.2, 0) is 4.79 Å². The van der Waals surface area contributed by atoms with Crippen LogP contribution in [-0.4, -0.2) is 16.5 Å². The number of hydrogen-bond acceptors (Lipinski definition) is 2. The second kappa shape index (κ2) is 8.30. The van der Waals surface area contributed by atoms with Gasteiger partial charge in [-0.2, -0.15) is 0 Å². The quantitative estimate of drug-likeness (QED) is 0.449. The molecule has 0 aliphatic heterocycles. The summed E-state index contributed by atoms with van der Waals surface area (Å²) in [5.41, 5.74) is 1.91. The van der Waals surface area contributed by atoms with Gasteiger partial charge in [0.05, 0.1) is 5.60 Å².